The van der Waals surface area contributed by atoms with Gasteiger partial charge in [0.1, 0.15) is 0 Å². The van der Waals surface area contributed by atoms with E-state index in [1.165, 1.54) is 0 Å². The van der Waals surface area contributed by atoms with Crippen LogP contribution < -0.4 is 5.73 Å². The summed E-state index contributed by atoms with van der Waals surface area (Å²) < 4.78 is 0. The summed E-state index contributed by atoms with van der Waals surface area (Å²) >= 11 is 5.92. The minimum atomic E-state index is -0.620. The van der Waals surface area contributed by atoms with Crippen LogP contribution in [0, 0.1) is 0 Å². The van der Waals surface area contributed by atoms with Crippen LogP contribution in [0.15, 0.2) is 54.6 Å². The molecular formula is C15H16ClNO. The molecule has 2 aromatic rings. The van der Waals surface area contributed by atoms with Crippen molar-refractivity contribution >= 4 is 11.6 Å². The van der Waals surface area contributed by atoms with Crippen LogP contribution in [-0.4, -0.2) is 11.2 Å². The molecule has 3 heteroatoms. The molecule has 2 aromatic carbocycles. The first-order valence-electron chi connectivity index (χ1n) is 5.90. The summed E-state index contributed by atoms with van der Waals surface area (Å²) in [6.45, 7) is 0. The monoisotopic (exact) mass is 261 g/mol. The Morgan fingerprint density at radius 3 is 2.44 bits per heavy atom. The quantitative estimate of drug-likeness (QED) is 0.889. The molecule has 0 fully saturated rings. The zero-order valence-corrected chi connectivity index (χ0v) is 10.7. The van der Waals surface area contributed by atoms with Gasteiger partial charge in [-0.15, -0.1) is 0 Å². The van der Waals surface area contributed by atoms with Crippen molar-refractivity contribution in [2.75, 3.05) is 0 Å². The highest BCUT2D eigenvalue weighted by Crippen LogP contribution is 2.20. The van der Waals surface area contributed by atoms with Crippen molar-refractivity contribution in [2.45, 2.75) is 18.6 Å². The van der Waals surface area contributed by atoms with Crippen molar-refractivity contribution in [2.24, 2.45) is 5.73 Å². The smallest absolute Gasteiger partial charge is 0.0773 e. The SMILES string of the molecule is N[C@H](c1cccc(Cl)c1)[C@@H](O)Cc1ccccc1. The fourth-order valence-electron chi connectivity index (χ4n) is 1.92. The zero-order valence-electron chi connectivity index (χ0n) is 9.96. The molecule has 0 aromatic heterocycles. The molecule has 0 saturated carbocycles. The molecule has 0 spiro atoms. The maximum atomic E-state index is 10.1. The summed E-state index contributed by atoms with van der Waals surface area (Å²) in [5.41, 5.74) is 7.97. The van der Waals surface area contributed by atoms with Crippen molar-refractivity contribution in [1.82, 2.24) is 0 Å². The second-order valence-corrected chi connectivity index (χ2v) is 4.77. The number of nitrogens with two attached hydrogens (primary N) is 1. The number of rotatable bonds is 4. The number of aliphatic hydroxyl groups excluding tert-OH is 1. The molecule has 0 aliphatic carbocycles. The van der Waals surface area contributed by atoms with E-state index in [4.69, 9.17) is 17.3 Å². The van der Waals surface area contributed by atoms with Crippen LogP contribution in [0.5, 0.6) is 0 Å². The standard InChI is InChI=1S/C15H16ClNO/c16-13-8-4-7-12(10-13)15(17)14(18)9-11-5-2-1-3-6-11/h1-8,10,14-15,18H,9,17H2/t14-,15+/m0/s1. The summed E-state index contributed by atoms with van der Waals surface area (Å²) in [4.78, 5) is 0. The molecule has 2 atom stereocenters. The zero-order chi connectivity index (χ0) is 13.0. The minimum Gasteiger partial charge on any atom is -0.391 e. The van der Waals surface area contributed by atoms with Crippen molar-refractivity contribution in [1.29, 1.82) is 0 Å². The maximum Gasteiger partial charge on any atom is 0.0773 e. The van der Waals surface area contributed by atoms with E-state index in [1.54, 1.807) is 12.1 Å². The Hall–Kier alpha value is -1.35. The van der Waals surface area contributed by atoms with Gasteiger partial charge in [0, 0.05) is 11.4 Å². The Labute approximate surface area is 112 Å². The molecule has 0 heterocycles. The number of halogens is 1. The van der Waals surface area contributed by atoms with Gasteiger partial charge < -0.3 is 10.8 Å². The Balaban J connectivity index is 2.07. The van der Waals surface area contributed by atoms with Gasteiger partial charge in [-0.3, -0.25) is 0 Å². The van der Waals surface area contributed by atoms with Gasteiger partial charge in [0.25, 0.3) is 0 Å². The van der Waals surface area contributed by atoms with Crippen molar-refractivity contribution in [3.8, 4) is 0 Å². The molecule has 18 heavy (non-hydrogen) atoms. The lowest BCUT2D eigenvalue weighted by molar-refractivity contribution is 0.145. The number of hydrogen-bond donors (Lipinski definition) is 2. The molecule has 0 aliphatic heterocycles. The summed E-state index contributed by atoms with van der Waals surface area (Å²) in [5.74, 6) is 0. The van der Waals surface area contributed by atoms with Gasteiger partial charge in [0.15, 0.2) is 0 Å². The third-order valence-electron chi connectivity index (χ3n) is 2.94. The summed E-state index contributed by atoms with van der Waals surface area (Å²) in [6, 6.07) is 16.7. The molecule has 0 unspecified atom stereocenters. The van der Waals surface area contributed by atoms with E-state index in [0.29, 0.717) is 11.4 Å². The number of hydrogen-bond acceptors (Lipinski definition) is 2. The predicted molar refractivity (Wildman–Crippen MR) is 74.5 cm³/mol. The summed E-state index contributed by atoms with van der Waals surface area (Å²) in [5, 5.41) is 10.8. The van der Waals surface area contributed by atoms with E-state index >= 15 is 0 Å². The topological polar surface area (TPSA) is 46.2 Å². The molecule has 0 amide bonds. The second kappa shape index (κ2) is 6.01. The van der Waals surface area contributed by atoms with Crippen molar-refractivity contribution in [3.05, 3.63) is 70.7 Å². The summed E-state index contributed by atoms with van der Waals surface area (Å²) in [6.07, 6.45) is -0.0833. The number of aliphatic hydroxyl groups is 1. The number of benzene rings is 2. The predicted octanol–water partition coefficient (Wildman–Crippen LogP) is 2.94. The van der Waals surface area contributed by atoms with Gasteiger partial charge in [0.2, 0.25) is 0 Å². The molecule has 2 nitrogen and oxygen atoms in total. The third-order valence-corrected chi connectivity index (χ3v) is 3.17. The van der Waals surface area contributed by atoms with E-state index in [0.717, 1.165) is 11.1 Å². The molecule has 3 N–H and O–H groups in total. The Morgan fingerprint density at radius 1 is 1.06 bits per heavy atom. The highest BCUT2D eigenvalue weighted by Gasteiger charge is 2.17. The third kappa shape index (κ3) is 3.33. The van der Waals surface area contributed by atoms with Gasteiger partial charge >= 0.3 is 0 Å². The first kappa shape index (κ1) is 13.1. The average molecular weight is 262 g/mol. The molecule has 94 valence electrons. The average Bonchev–Trinajstić information content (AvgIpc) is 2.39. The fourth-order valence-corrected chi connectivity index (χ4v) is 2.12. The maximum absolute atomic E-state index is 10.1. The van der Waals surface area contributed by atoms with Crippen LogP contribution in [0.4, 0.5) is 0 Å². The van der Waals surface area contributed by atoms with E-state index < -0.39 is 12.1 Å². The molecule has 2 rings (SSSR count). The molecular weight excluding hydrogens is 246 g/mol. The van der Waals surface area contributed by atoms with E-state index in [9.17, 15) is 5.11 Å². The van der Waals surface area contributed by atoms with Gasteiger partial charge in [-0.05, 0) is 23.3 Å². The van der Waals surface area contributed by atoms with Crippen LogP contribution in [0.3, 0.4) is 0 Å². The lowest BCUT2D eigenvalue weighted by Crippen LogP contribution is -2.28. The largest absolute Gasteiger partial charge is 0.391 e. The molecule has 0 aliphatic rings. The fraction of sp³-hybridized carbons (Fsp3) is 0.200. The highest BCUT2D eigenvalue weighted by molar-refractivity contribution is 6.30. The molecule has 0 bridgehead atoms. The van der Waals surface area contributed by atoms with Crippen LogP contribution in [0.25, 0.3) is 0 Å². The van der Waals surface area contributed by atoms with Gasteiger partial charge in [-0.2, -0.15) is 0 Å². The Morgan fingerprint density at radius 2 is 1.78 bits per heavy atom. The second-order valence-electron chi connectivity index (χ2n) is 4.34. The van der Waals surface area contributed by atoms with Crippen LogP contribution in [0.1, 0.15) is 17.2 Å². The van der Waals surface area contributed by atoms with E-state index in [1.807, 2.05) is 42.5 Å². The molecule has 0 saturated heterocycles. The normalized spacial score (nSPS) is 14.2. The van der Waals surface area contributed by atoms with Crippen LogP contribution in [-0.2, 0) is 6.42 Å². The van der Waals surface area contributed by atoms with Crippen LogP contribution >= 0.6 is 11.6 Å². The Bertz CT molecular complexity index is 501. The Kier molecular flexibility index (Phi) is 4.37. The van der Waals surface area contributed by atoms with Gasteiger partial charge in [-0.1, -0.05) is 54.1 Å². The lowest BCUT2D eigenvalue weighted by Gasteiger charge is -2.19. The first-order chi connectivity index (χ1) is 8.66. The molecule has 0 radical (unpaired) electrons. The highest BCUT2D eigenvalue weighted by atomic mass is 35.5. The van der Waals surface area contributed by atoms with Gasteiger partial charge in [0.05, 0.1) is 12.1 Å². The first-order valence-corrected chi connectivity index (χ1v) is 6.27. The van der Waals surface area contributed by atoms with Gasteiger partial charge in [-0.25, -0.2) is 0 Å². The van der Waals surface area contributed by atoms with E-state index in [2.05, 4.69) is 0 Å². The lowest BCUT2D eigenvalue weighted by atomic mass is 9.97. The van der Waals surface area contributed by atoms with Crippen molar-refractivity contribution < 1.29 is 5.11 Å². The minimum absolute atomic E-state index is 0.427. The van der Waals surface area contributed by atoms with Crippen molar-refractivity contribution in [3.63, 3.8) is 0 Å². The summed E-state index contributed by atoms with van der Waals surface area (Å²) in [7, 11) is 0. The van der Waals surface area contributed by atoms with E-state index in [-0.39, 0.29) is 0 Å². The van der Waals surface area contributed by atoms with Crippen LogP contribution in [0.2, 0.25) is 5.02 Å².